The maximum Gasteiger partial charge on any atom is 0.127 e. The summed E-state index contributed by atoms with van der Waals surface area (Å²) in [4.78, 5) is 2.38. The maximum absolute atomic E-state index is 10.5. The van der Waals surface area contributed by atoms with Crippen molar-refractivity contribution < 1.29 is 14.9 Å². The number of benzene rings is 3. The van der Waals surface area contributed by atoms with Crippen molar-refractivity contribution >= 4 is 10.8 Å². The molecule has 4 heteroatoms. The normalized spacial score (nSPS) is 25.2. The number of phenolic OH excluding ortho intramolecular Hbond substituents is 1. The van der Waals surface area contributed by atoms with Crippen LogP contribution in [0.15, 0.2) is 66.7 Å². The number of hydrogen-bond donors (Lipinski definition) is 2. The summed E-state index contributed by atoms with van der Waals surface area (Å²) in [5, 5.41) is 22.4. The van der Waals surface area contributed by atoms with E-state index in [2.05, 4.69) is 47.4 Å². The van der Waals surface area contributed by atoms with Crippen LogP contribution >= 0.6 is 0 Å². The number of phenols is 1. The predicted octanol–water partition coefficient (Wildman–Crippen LogP) is 4.37. The highest BCUT2D eigenvalue weighted by atomic mass is 16.5. The van der Waals surface area contributed by atoms with Crippen LogP contribution in [0.5, 0.6) is 11.5 Å². The second-order valence-electron chi connectivity index (χ2n) is 8.53. The number of β-amino-alcohol motifs (C(OH)–C–C–N with tert-alkyl or cyclic N) is 1. The lowest BCUT2D eigenvalue weighted by molar-refractivity contribution is 0.116. The van der Waals surface area contributed by atoms with Crippen molar-refractivity contribution in [2.45, 2.75) is 25.0 Å². The molecule has 1 saturated carbocycles. The Labute approximate surface area is 171 Å². The zero-order valence-electron chi connectivity index (χ0n) is 16.4. The largest absolute Gasteiger partial charge is 0.508 e. The minimum absolute atomic E-state index is 0.230. The fraction of sp³-hybridized carbons (Fsp3) is 0.360. The van der Waals surface area contributed by atoms with E-state index < -0.39 is 6.10 Å². The minimum Gasteiger partial charge on any atom is -0.508 e. The highest BCUT2D eigenvalue weighted by Crippen LogP contribution is 2.41. The summed E-state index contributed by atoms with van der Waals surface area (Å²) in [6.07, 6.45) is 1.93. The second-order valence-corrected chi connectivity index (χ2v) is 8.53. The van der Waals surface area contributed by atoms with Crippen LogP contribution in [0, 0.1) is 11.8 Å². The topological polar surface area (TPSA) is 52.9 Å². The molecule has 4 nitrogen and oxygen atoms in total. The predicted molar refractivity (Wildman–Crippen MR) is 114 cm³/mol. The Morgan fingerprint density at radius 2 is 1.59 bits per heavy atom. The van der Waals surface area contributed by atoms with Gasteiger partial charge in [-0.1, -0.05) is 48.5 Å². The van der Waals surface area contributed by atoms with Gasteiger partial charge in [0.2, 0.25) is 0 Å². The van der Waals surface area contributed by atoms with Crippen LogP contribution in [0.1, 0.15) is 24.5 Å². The van der Waals surface area contributed by atoms with Crippen molar-refractivity contribution in [3.8, 4) is 11.5 Å². The second kappa shape index (κ2) is 7.69. The first kappa shape index (κ1) is 18.5. The van der Waals surface area contributed by atoms with Gasteiger partial charge in [0.15, 0.2) is 0 Å². The molecule has 2 N–H and O–H groups in total. The third-order valence-corrected chi connectivity index (χ3v) is 6.54. The smallest absolute Gasteiger partial charge is 0.127 e. The number of rotatable bonds is 5. The minimum atomic E-state index is -0.517. The standard InChI is InChI=1S/C25H27NO3/c27-21-10-8-18(9-11-21)24(28)16-26-14-19-12-22(13-20(19)15-26)29-25-7-3-5-17-4-1-2-6-23(17)25/h1-11,19-20,22,24,27-28H,12-16H2/t19-,20+,22?,24?. The molecular formula is C25H27NO3. The highest BCUT2D eigenvalue weighted by Gasteiger charge is 2.42. The Morgan fingerprint density at radius 1 is 0.897 bits per heavy atom. The van der Waals surface area contributed by atoms with Crippen molar-refractivity contribution in [2.24, 2.45) is 11.8 Å². The summed E-state index contributed by atoms with van der Waals surface area (Å²) in [6.45, 7) is 2.69. The van der Waals surface area contributed by atoms with Gasteiger partial charge in [-0.15, -0.1) is 0 Å². The summed E-state index contributed by atoms with van der Waals surface area (Å²) in [6, 6.07) is 21.5. The first-order valence-electron chi connectivity index (χ1n) is 10.5. The number of aliphatic hydroxyl groups excluding tert-OH is 1. The van der Waals surface area contributed by atoms with Gasteiger partial charge in [-0.3, -0.25) is 4.90 Å². The van der Waals surface area contributed by atoms with E-state index in [-0.39, 0.29) is 11.9 Å². The average molecular weight is 389 g/mol. The molecule has 0 spiro atoms. The summed E-state index contributed by atoms with van der Waals surface area (Å²) >= 11 is 0. The van der Waals surface area contributed by atoms with Gasteiger partial charge in [0.05, 0.1) is 12.2 Å². The van der Waals surface area contributed by atoms with Gasteiger partial charge in [-0.2, -0.15) is 0 Å². The van der Waals surface area contributed by atoms with Crippen LogP contribution in [-0.2, 0) is 0 Å². The van der Waals surface area contributed by atoms with Crippen LogP contribution in [0.3, 0.4) is 0 Å². The molecule has 29 heavy (non-hydrogen) atoms. The maximum atomic E-state index is 10.5. The fourth-order valence-corrected chi connectivity index (χ4v) is 5.11. The lowest BCUT2D eigenvalue weighted by Gasteiger charge is -2.23. The third-order valence-electron chi connectivity index (χ3n) is 6.54. The summed E-state index contributed by atoms with van der Waals surface area (Å²) in [7, 11) is 0. The van der Waals surface area contributed by atoms with E-state index in [1.165, 1.54) is 10.8 Å². The zero-order valence-corrected chi connectivity index (χ0v) is 16.4. The average Bonchev–Trinajstić information content (AvgIpc) is 3.26. The van der Waals surface area contributed by atoms with E-state index in [1.807, 2.05) is 0 Å². The quantitative estimate of drug-likeness (QED) is 0.680. The summed E-state index contributed by atoms with van der Waals surface area (Å²) in [5.74, 6) is 2.51. The van der Waals surface area contributed by atoms with Crippen LogP contribution < -0.4 is 4.74 Å². The van der Waals surface area contributed by atoms with E-state index in [4.69, 9.17) is 4.74 Å². The molecule has 2 aliphatic rings. The first-order valence-corrected chi connectivity index (χ1v) is 10.5. The first-order chi connectivity index (χ1) is 14.2. The van der Waals surface area contributed by atoms with Crippen LogP contribution in [-0.4, -0.2) is 40.9 Å². The van der Waals surface area contributed by atoms with Gasteiger partial charge in [-0.05, 0) is 53.8 Å². The van der Waals surface area contributed by atoms with Gasteiger partial charge < -0.3 is 14.9 Å². The van der Waals surface area contributed by atoms with Crippen LogP contribution in [0.4, 0.5) is 0 Å². The molecule has 0 aromatic heterocycles. The third kappa shape index (κ3) is 3.83. The molecule has 0 bridgehead atoms. The van der Waals surface area contributed by atoms with Crippen LogP contribution in [0.25, 0.3) is 10.8 Å². The molecular weight excluding hydrogens is 362 g/mol. The molecule has 3 aromatic rings. The van der Waals surface area contributed by atoms with Gasteiger partial charge in [-0.25, -0.2) is 0 Å². The molecule has 2 fully saturated rings. The van der Waals surface area contributed by atoms with Crippen molar-refractivity contribution in [3.05, 3.63) is 72.3 Å². The van der Waals surface area contributed by atoms with Crippen molar-refractivity contribution in [1.82, 2.24) is 4.90 Å². The molecule has 1 aliphatic carbocycles. The molecule has 2 unspecified atom stereocenters. The number of ether oxygens (including phenoxy) is 1. The molecule has 0 amide bonds. The number of nitrogens with zero attached hydrogens (tertiary/aromatic N) is 1. The molecule has 3 aromatic carbocycles. The SMILES string of the molecule is Oc1ccc(C(O)CN2C[C@H]3CC(Oc4cccc5ccccc45)C[C@H]3C2)cc1. The van der Waals surface area contributed by atoms with E-state index in [0.717, 1.165) is 37.2 Å². The Balaban J connectivity index is 1.18. The summed E-state index contributed by atoms with van der Waals surface area (Å²) < 4.78 is 6.43. The van der Waals surface area contributed by atoms with Gasteiger partial charge in [0.25, 0.3) is 0 Å². The van der Waals surface area contributed by atoms with Gasteiger partial charge in [0.1, 0.15) is 11.5 Å². The van der Waals surface area contributed by atoms with Gasteiger partial charge in [0, 0.05) is 25.0 Å². The molecule has 4 atom stereocenters. The lowest BCUT2D eigenvalue weighted by Crippen LogP contribution is -2.28. The molecule has 1 heterocycles. The number of likely N-dealkylation sites (tertiary alicyclic amines) is 1. The van der Waals surface area contributed by atoms with E-state index in [1.54, 1.807) is 24.3 Å². The van der Waals surface area contributed by atoms with Crippen LogP contribution in [0.2, 0.25) is 0 Å². The van der Waals surface area contributed by atoms with E-state index >= 15 is 0 Å². The highest BCUT2D eigenvalue weighted by molar-refractivity contribution is 5.88. The number of aromatic hydroxyl groups is 1. The Hall–Kier alpha value is -2.56. The van der Waals surface area contributed by atoms with Gasteiger partial charge >= 0.3 is 0 Å². The monoisotopic (exact) mass is 389 g/mol. The lowest BCUT2D eigenvalue weighted by atomic mass is 10.0. The van der Waals surface area contributed by atoms with Crippen molar-refractivity contribution in [2.75, 3.05) is 19.6 Å². The van der Waals surface area contributed by atoms with E-state index in [0.29, 0.717) is 18.4 Å². The molecule has 0 radical (unpaired) electrons. The van der Waals surface area contributed by atoms with Crippen molar-refractivity contribution in [3.63, 3.8) is 0 Å². The number of hydrogen-bond acceptors (Lipinski definition) is 4. The Morgan fingerprint density at radius 3 is 2.34 bits per heavy atom. The Kier molecular flexibility index (Phi) is 4.90. The van der Waals surface area contributed by atoms with E-state index in [9.17, 15) is 10.2 Å². The zero-order chi connectivity index (χ0) is 19.8. The Bertz CT molecular complexity index is 968. The number of fused-ring (bicyclic) bond motifs is 2. The van der Waals surface area contributed by atoms with Crippen molar-refractivity contribution in [1.29, 1.82) is 0 Å². The molecule has 150 valence electrons. The fourth-order valence-electron chi connectivity index (χ4n) is 5.11. The molecule has 1 aliphatic heterocycles. The summed E-state index contributed by atoms with van der Waals surface area (Å²) in [5.41, 5.74) is 0.858. The molecule has 5 rings (SSSR count). The number of aliphatic hydroxyl groups is 1. The molecule has 1 saturated heterocycles.